The van der Waals surface area contributed by atoms with E-state index >= 15 is 0 Å². The zero-order valence-electron chi connectivity index (χ0n) is 6.18. The van der Waals surface area contributed by atoms with E-state index < -0.39 is 0 Å². The molecule has 0 aliphatic heterocycles. The summed E-state index contributed by atoms with van der Waals surface area (Å²) in [6.45, 7) is 0.817. The molecule has 1 saturated carbocycles. The molecule has 0 unspecified atom stereocenters. The van der Waals surface area contributed by atoms with Gasteiger partial charge < -0.3 is 4.84 Å². The quantitative estimate of drug-likeness (QED) is 0.588. The molecule has 1 N–H and O–H groups in total. The highest BCUT2D eigenvalue weighted by atomic mass is 16.6. The Morgan fingerprint density at radius 3 is 2.80 bits per heavy atom. The first-order valence-corrected chi connectivity index (χ1v) is 3.46. The summed E-state index contributed by atoms with van der Waals surface area (Å²) in [5, 5.41) is 8.42. The van der Waals surface area contributed by atoms with Crippen molar-refractivity contribution in [2.75, 3.05) is 13.7 Å². The highest BCUT2D eigenvalue weighted by Crippen LogP contribution is 2.47. The van der Waals surface area contributed by atoms with E-state index in [1.165, 1.54) is 0 Å². The molecule has 3 nitrogen and oxygen atoms in total. The van der Waals surface area contributed by atoms with Crippen molar-refractivity contribution >= 4 is 0 Å². The molecule has 0 saturated heterocycles. The van der Waals surface area contributed by atoms with Gasteiger partial charge in [-0.05, 0) is 18.3 Å². The fourth-order valence-corrected chi connectivity index (χ4v) is 0.986. The van der Waals surface area contributed by atoms with E-state index in [0.717, 1.165) is 19.4 Å². The Morgan fingerprint density at radius 1 is 1.70 bits per heavy atom. The number of rotatable bonds is 4. The molecular weight excluding hydrogens is 128 g/mol. The van der Waals surface area contributed by atoms with Gasteiger partial charge in [0.25, 0.3) is 0 Å². The minimum Gasteiger partial charge on any atom is -0.305 e. The maximum Gasteiger partial charge on any atom is 0.0628 e. The molecule has 0 atom stereocenters. The molecule has 1 fully saturated rings. The summed E-state index contributed by atoms with van der Waals surface area (Å²) in [6.07, 6.45) is 2.98. The lowest BCUT2D eigenvalue weighted by molar-refractivity contribution is 0.0767. The van der Waals surface area contributed by atoms with Crippen LogP contribution in [0.2, 0.25) is 0 Å². The highest BCUT2D eigenvalue weighted by molar-refractivity contribution is 4.99. The zero-order chi connectivity index (χ0) is 7.45. The second-order valence-electron chi connectivity index (χ2n) is 2.86. The average Bonchev–Trinajstić information content (AvgIpc) is 2.67. The standard InChI is InChI=1S/C7H12N2O/c1-10-9-6-7(2-3-7)4-5-8/h9H,2-4,6H2,1H3. The van der Waals surface area contributed by atoms with Crippen LogP contribution in [0.25, 0.3) is 0 Å². The molecule has 0 amide bonds. The third-order valence-corrected chi connectivity index (χ3v) is 2.00. The predicted molar refractivity (Wildman–Crippen MR) is 36.9 cm³/mol. The SMILES string of the molecule is CONCC1(CC#N)CC1. The maximum atomic E-state index is 8.42. The van der Waals surface area contributed by atoms with Gasteiger partial charge in [-0.25, -0.2) is 5.48 Å². The van der Waals surface area contributed by atoms with Crippen LogP contribution in [0.15, 0.2) is 0 Å². The van der Waals surface area contributed by atoms with Crippen LogP contribution >= 0.6 is 0 Å². The Labute approximate surface area is 60.9 Å². The van der Waals surface area contributed by atoms with Gasteiger partial charge in [0.1, 0.15) is 0 Å². The second-order valence-corrected chi connectivity index (χ2v) is 2.86. The normalized spacial score (nSPS) is 20.0. The largest absolute Gasteiger partial charge is 0.305 e. The number of nitrogens with one attached hydrogen (secondary N) is 1. The lowest BCUT2D eigenvalue weighted by atomic mass is 10.0. The monoisotopic (exact) mass is 140 g/mol. The molecule has 0 aromatic heterocycles. The second kappa shape index (κ2) is 3.00. The van der Waals surface area contributed by atoms with Gasteiger partial charge in [0.15, 0.2) is 0 Å². The third-order valence-electron chi connectivity index (χ3n) is 2.00. The van der Waals surface area contributed by atoms with Crippen molar-refractivity contribution in [1.29, 1.82) is 5.26 Å². The first-order valence-electron chi connectivity index (χ1n) is 3.46. The maximum absolute atomic E-state index is 8.42. The molecular formula is C7H12N2O. The molecule has 0 aromatic carbocycles. The van der Waals surface area contributed by atoms with Gasteiger partial charge in [0, 0.05) is 13.0 Å². The summed E-state index contributed by atoms with van der Waals surface area (Å²) in [6, 6.07) is 2.18. The summed E-state index contributed by atoms with van der Waals surface area (Å²) < 4.78 is 0. The fraction of sp³-hybridized carbons (Fsp3) is 0.857. The Hall–Kier alpha value is -0.590. The first kappa shape index (κ1) is 7.52. The summed E-state index contributed by atoms with van der Waals surface area (Å²) in [7, 11) is 1.60. The van der Waals surface area contributed by atoms with Crippen molar-refractivity contribution in [1.82, 2.24) is 5.48 Å². The topological polar surface area (TPSA) is 45.0 Å². The highest BCUT2D eigenvalue weighted by Gasteiger charge is 2.41. The van der Waals surface area contributed by atoms with E-state index in [0.29, 0.717) is 6.42 Å². The molecule has 1 rings (SSSR count). The van der Waals surface area contributed by atoms with Crippen LogP contribution in [0, 0.1) is 16.7 Å². The number of nitrogens with zero attached hydrogens (tertiary/aromatic N) is 1. The van der Waals surface area contributed by atoms with Gasteiger partial charge >= 0.3 is 0 Å². The summed E-state index contributed by atoms with van der Waals surface area (Å²) in [5.41, 5.74) is 3.04. The van der Waals surface area contributed by atoms with E-state index in [1.807, 2.05) is 0 Å². The van der Waals surface area contributed by atoms with Gasteiger partial charge in [-0.3, -0.25) is 0 Å². The molecule has 1 aliphatic rings. The summed E-state index contributed by atoms with van der Waals surface area (Å²) >= 11 is 0. The zero-order valence-corrected chi connectivity index (χ0v) is 6.18. The first-order chi connectivity index (χ1) is 4.83. The van der Waals surface area contributed by atoms with E-state index in [-0.39, 0.29) is 5.41 Å². The Morgan fingerprint density at radius 2 is 2.40 bits per heavy atom. The predicted octanol–water partition coefficient (Wildman–Crippen LogP) is 0.831. The van der Waals surface area contributed by atoms with Crippen molar-refractivity contribution in [2.24, 2.45) is 5.41 Å². The Kier molecular flexibility index (Phi) is 2.25. The van der Waals surface area contributed by atoms with Crippen molar-refractivity contribution < 1.29 is 4.84 Å². The Bertz CT molecular complexity index is 146. The number of nitriles is 1. The lowest BCUT2D eigenvalue weighted by Gasteiger charge is -2.09. The van der Waals surface area contributed by atoms with Crippen LogP contribution in [0.1, 0.15) is 19.3 Å². The molecule has 0 spiro atoms. The molecule has 0 bridgehead atoms. The molecule has 3 heteroatoms. The van der Waals surface area contributed by atoms with E-state index in [4.69, 9.17) is 10.1 Å². The van der Waals surface area contributed by atoms with Gasteiger partial charge in [-0.2, -0.15) is 5.26 Å². The Balaban J connectivity index is 2.18. The molecule has 1 aliphatic carbocycles. The van der Waals surface area contributed by atoms with Crippen LogP contribution in [-0.2, 0) is 4.84 Å². The third kappa shape index (κ3) is 1.69. The van der Waals surface area contributed by atoms with E-state index in [9.17, 15) is 0 Å². The van der Waals surface area contributed by atoms with Crippen molar-refractivity contribution in [3.05, 3.63) is 0 Å². The van der Waals surface area contributed by atoms with E-state index in [1.54, 1.807) is 7.11 Å². The van der Waals surface area contributed by atoms with Crippen LogP contribution in [-0.4, -0.2) is 13.7 Å². The van der Waals surface area contributed by atoms with Crippen molar-refractivity contribution in [3.8, 4) is 6.07 Å². The molecule has 0 heterocycles. The molecule has 0 aromatic rings. The van der Waals surface area contributed by atoms with Crippen molar-refractivity contribution in [3.63, 3.8) is 0 Å². The van der Waals surface area contributed by atoms with Gasteiger partial charge in [0.2, 0.25) is 0 Å². The number of hydrogen-bond acceptors (Lipinski definition) is 3. The van der Waals surface area contributed by atoms with Crippen LogP contribution in [0.4, 0.5) is 0 Å². The molecule has 10 heavy (non-hydrogen) atoms. The molecule has 0 radical (unpaired) electrons. The summed E-state index contributed by atoms with van der Waals surface area (Å²) in [5.74, 6) is 0. The minimum absolute atomic E-state index is 0.255. The van der Waals surface area contributed by atoms with Gasteiger partial charge in [-0.1, -0.05) is 0 Å². The fourth-order valence-electron chi connectivity index (χ4n) is 0.986. The number of hydroxylamine groups is 1. The van der Waals surface area contributed by atoms with E-state index in [2.05, 4.69) is 11.5 Å². The lowest BCUT2D eigenvalue weighted by Crippen LogP contribution is -2.22. The smallest absolute Gasteiger partial charge is 0.0628 e. The van der Waals surface area contributed by atoms with Crippen LogP contribution < -0.4 is 5.48 Å². The van der Waals surface area contributed by atoms with Gasteiger partial charge in [0.05, 0.1) is 13.2 Å². The van der Waals surface area contributed by atoms with Crippen LogP contribution in [0.3, 0.4) is 0 Å². The number of hydrogen-bond donors (Lipinski definition) is 1. The summed E-state index contributed by atoms with van der Waals surface area (Å²) in [4.78, 5) is 4.70. The van der Waals surface area contributed by atoms with Crippen molar-refractivity contribution in [2.45, 2.75) is 19.3 Å². The average molecular weight is 140 g/mol. The molecule has 56 valence electrons. The van der Waals surface area contributed by atoms with Gasteiger partial charge in [-0.15, -0.1) is 0 Å². The minimum atomic E-state index is 0.255. The van der Waals surface area contributed by atoms with Crippen LogP contribution in [0.5, 0.6) is 0 Å².